The molecule has 0 bridgehead atoms. The van der Waals surface area contributed by atoms with Crippen LogP contribution in [0.1, 0.15) is 49.6 Å². The van der Waals surface area contributed by atoms with Gasteiger partial charge in [-0.05, 0) is 51.2 Å². The molecule has 2 aliphatic rings. The Morgan fingerprint density at radius 3 is 2.79 bits per heavy atom. The summed E-state index contributed by atoms with van der Waals surface area (Å²) >= 11 is 0. The van der Waals surface area contributed by atoms with Gasteiger partial charge in [-0.3, -0.25) is 4.79 Å². The van der Waals surface area contributed by atoms with Crippen LogP contribution in [0.3, 0.4) is 0 Å². The predicted octanol–water partition coefficient (Wildman–Crippen LogP) is 4.63. The maximum absolute atomic E-state index is 14.9. The fourth-order valence-corrected chi connectivity index (χ4v) is 4.35. The number of aromatic nitrogens is 3. The lowest BCUT2D eigenvalue weighted by molar-refractivity contribution is -0.122. The summed E-state index contributed by atoms with van der Waals surface area (Å²) in [4.78, 5) is 21.1. The maximum atomic E-state index is 14.9. The van der Waals surface area contributed by atoms with Crippen molar-refractivity contribution in [1.82, 2.24) is 14.5 Å². The average Bonchev–Trinajstić information content (AvgIpc) is 3.29. The molecule has 2 aromatic heterocycles. The third-order valence-electron chi connectivity index (χ3n) is 6.59. The first-order valence-corrected chi connectivity index (χ1v) is 11.1. The lowest BCUT2D eigenvalue weighted by Gasteiger charge is -2.23. The molecule has 9 heteroatoms. The monoisotopic (exact) mass is 458 g/mol. The van der Waals surface area contributed by atoms with Crippen LogP contribution in [0, 0.1) is 12.7 Å². The van der Waals surface area contributed by atoms with Gasteiger partial charge in [-0.25, -0.2) is 9.97 Å². The largest absolute Gasteiger partial charge is 0.372 e. The Kier molecular flexibility index (Phi) is 5.19. The number of ether oxygens (including phenoxy) is 1. The van der Waals surface area contributed by atoms with Crippen molar-refractivity contribution >= 4 is 16.7 Å². The minimum atomic E-state index is -3.08. The van der Waals surface area contributed by atoms with Gasteiger partial charge in [0.05, 0.1) is 5.39 Å². The molecular weight excluding hydrogens is 433 g/mol. The fourth-order valence-electron chi connectivity index (χ4n) is 4.35. The number of nitrogens with zero attached hydrogens (tertiary/aromatic N) is 3. The summed E-state index contributed by atoms with van der Waals surface area (Å²) in [6.07, 6.45) is 3.02. The molecule has 0 spiro atoms. The highest BCUT2D eigenvalue weighted by Gasteiger charge is 2.44. The van der Waals surface area contributed by atoms with Gasteiger partial charge in [-0.2, -0.15) is 13.2 Å². The van der Waals surface area contributed by atoms with E-state index in [1.165, 1.54) is 16.7 Å². The molecule has 174 valence electrons. The highest BCUT2D eigenvalue weighted by molar-refractivity contribution is 5.88. The number of pyridine rings is 1. The van der Waals surface area contributed by atoms with Gasteiger partial charge in [0.15, 0.2) is 0 Å². The Bertz CT molecular complexity index is 1280. The van der Waals surface area contributed by atoms with Gasteiger partial charge in [-0.15, -0.1) is 0 Å². The van der Waals surface area contributed by atoms with Gasteiger partial charge in [0.2, 0.25) is 5.82 Å². The van der Waals surface area contributed by atoms with Gasteiger partial charge < -0.3 is 14.6 Å². The molecule has 1 aliphatic carbocycles. The number of hydrogen-bond acceptors (Lipinski definition) is 5. The predicted molar refractivity (Wildman–Crippen MR) is 118 cm³/mol. The van der Waals surface area contributed by atoms with Gasteiger partial charge in [0, 0.05) is 30.5 Å². The molecule has 33 heavy (non-hydrogen) atoms. The average molecular weight is 458 g/mol. The number of hydrogen-bond donors (Lipinski definition) is 1. The lowest BCUT2D eigenvalue weighted by Crippen LogP contribution is -2.30. The first-order valence-electron chi connectivity index (χ1n) is 11.1. The molecule has 1 aromatic carbocycles. The molecule has 1 N–H and O–H groups in total. The Morgan fingerprint density at radius 1 is 1.30 bits per heavy atom. The van der Waals surface area contributed by atoms with E-state index < -0.39 is 28.9 Å². The molecule has 6 nitrogen and oxygen atoms in total. The van der Waals surface area contributed by atoms with Crippen molar-refractivity contribution in [3.8, 4) is 0 Å². The van der Waals surface area contributed by atoms with E-state index in [0.29, 0.717) is 42.0 Å². The highest BCUT2D eigenvalue weighted by atomic mass is 19.3. The van der Waals surface area contributed by atoms with Crippen molar-refractivity contribution in [3.63, 3.8) is 0 Å². The number of fused-ring (bicyclic) bond motifs is 1. The van der Waals surface area contributed by atoms with E-state index >= 15 is 0 Å². The molecule has 0 radical (unpaired) electrons. The number of rotatable bonds is 6. The minimum Gasteiger partial charge on any atom is -0.372 e. The Morgan fingerprint density at radius 2 is 2.09 bits per heavy atom. The molecule has 5 rings (SSSR count). The van der Waals surface area contributed by atoms with Crippen LogP contribution >= 0.6 is 0 Å². The SMILES string of the molecule is Cc1nc(NCc2cccc(C(F)(F)C3CCCO3)c2)c2cn(C3(C)CC3)c(=O)c(F)c2n1. The molecule has 1 saturated carbocycles. The van der Waals surface area contributed by atoms with Gasteiger partial charge in [0.1, 0.15) is 23.3 Å². The summed E-state index contributed by atoms with van der Waals surface area (Å²) in [5, 5.41) is 3.51. The van der Waals surface area contributed by atoms with Crippen LogP contribution in [0.2, 0.25) is 0 Å². The number of anilines is 1. The number of aryl methyl sites for hydroxylation is 1. The van der Waals surface area contributed by atoms with Crippen molar-refractivity contribution in [2.45, 2.75) is 63.6 Å². The molecule has 2 fully saturated rings. The Labute approximate surface area is 188 Å². The standard InChI is InChI=1S/C24H25F3N4O2/c1-14-29-20-17(13-31(22(32)19(20)25)23(2)8-9-23)21(30-14)28-12-15-5-3-6-16(11-15)24(26,27)18-7-4-10-33-18/h3,5-6,11,13,18H,4,7-10,12H2,1-2H3,(H,28,29,30). The van der Waals surface area contributed by atoms with E-state index in [9.17, 15) is 18.0 Å². The second-order valence-corrected chi connectivity index (χ2v) is 9.18. The molecule has 0 amide bonds. The summed E-state index contributed by atoms with van der Waals surface area (Å²) in [5.74, 6) is -3.33. The Balaban J connectivity index is 1.47. The third-order valence-corrected chi connectivity index (χ3v) is 6.59. The third kappa shape index (κ3) is 3.88. The molecule has 1 saturated heterocycles. The number of nitrogens with one attached hydrogen (secondary N) is 1. The van der Waals surface area contributed by atoms with E-state index in [0.717, 1.165) is 12.8 Å². The smallest absolute Gasteiger partial charge is 0.298 e. The minimum absolute atomic E-state index is 0.0471. The molecule has 3 aromatic rings. The molecule has 1 aliphatic heterocycles. The first kappa shape index (κ1) is 21.9. The zero-order chi connectivity index (χ0) is 23.4. The van der Waals surface area contributed by atoms with Crippen molar-refractivity contribution in [3.05, 3.63) is 63.6 Å². The summed E-state index contributed by atoms with van der Waals surface area (Å²) in [5.41, 5.74) is -0.627. The maximum Gasteiger partial charge on any atom is 0.298 e. The molecular formula is C24H25F3N4O2. The van der Waals surface area contributed by atoms with Crippen LogP contribution in [0.15, 0.2) is 35.3 Å². The van der Waals surface area contributed by atoms with Crippen molar-refractivity contribution in [1.29, 1.82) is 0 Å². The molecule has 1 atom stereocenters. The van der Waals surface area contributed by atoms with Gasteiger partial charge >= 0.3 is 0 Å². The first-order chi connectivity index (χ1) is 15.7. The number of halogens is 3. The topological polar surface area (TPSA) is 69.0 Å². The summed E-state index contributed by atoms with van der Waals surface area (Å²) < 4.78 is 51.3. The van der Waals surface area contributed by atoms with Crippen LogP contribution in [-0.2, 0) is 22.7 Å². The van der Waals surface area contributed by atoms with E-state index in [1.807, 2.05) is 6.92 Å². The number of benzene rings is 1. The van der Waals surface area contributed by atoms with Gasteiger partial charge in [0.25, 0.3) is 11.5 Å². The highest BCUT2D eigenvalue weighted by Crippen LogP contribution is 2.42. The number of alkyl halides is 2. The van der Waals surface area contributed by atoms with Crippen LogP contribution in [0.5, 0.6) is 0 Å². The second-order valence-electron chi connectivity index (χ2n) is 9.18. The van der Waals surface area contributed by atoms with Crippen LogP contribution in [0.4, 0.5) is 19.0 Å². The lowest BCUT2D eigenvalue weighted by atomic mass is 9.99. The Hall–Kier alpha value is -2.94. The van der Waals surface area contributed by atoms with E-state index in [-0.39, 0.29) is 17.6 Å². The van der Waals surface area contributed by atoms with Crippen molar-refractivity contribution in [2.75, 3.05) is 11.9 Å². The quantitative estimate of drug-likeness (QED) is 0.583. The van der Waals surface area contributed by atoms with Crippen molar-refractivity contribution in [2.24, 2.45) is 0 Å². The fraction of sp³-hybridized carbons (Fsp3) is 0.458. The second kappa shape index (κ2) is 7.83. The van der Waals surface area contributed by atoms with Crippen LogP contribution in [0.25, 0.3) is 10.9 Å². The molecule has 3 heterocycles. The van der Waals surface area contributed by atoms with E-state index in [4.69, 9.17) is 4.74 Å². The van der Waals surface area contributed by atoms with E-state index in [1.54, 1.807) is 25.3 Å². The van der Waals surface area contributed by atoms with Crippen LogP contribution in [-0.4, -0.2) is 27.2 Å². The summed E-state index contributed by atoms with van der Waals surface area (Å²) in [7, 11) is 0. The zero-order valence-corrected chi connectivity index (χ0v) is 18.5. The zero-order valence-electron chi connectivity index (χ0n) is 18.5. The van der Waals surface area contributed by atoms with Gasteiger partial charge in [-0.1, -0.05) is 18.2 Å². The molecule has 1 unspecified atom stereocenters. The summed E-state index contributed by atoms with van der Waals surface area (Å²) in [6.45, 7) is 4.06. The normalized spacial score (nSPS) is 19.7. The summed E-state index contributed by atoms with van der Waals surface area (Å²) in [6, 6.07) is 6.18. The van der Waals surface area contributed by atoms with Crippen molar-refractivity contribution < 1.29 is 17.9 Å². The van der Waals surface area contributed by atoms with Crippen LogP contribution < -0.4 is 10.9 Å². The van der Waals surface area contributed by atoms with E-state index in [2.05, 4.69) is 15.3 Å².